The molecule has 0 saturated carbocycles. The quantitative estimate of drug-likeness (QED) is 0.827. The maximum Gasteiger partial charge on any atom is 0.242 e. The van der Waals surface area contributed by atoms with Crippen molar-refractivity contribution < 1.29 is 17.9 Å². The van der Waals surface area contributed by atoms with Crippen molar-refractivity contribution >= 4 is 21.6 Å². The Morgan fingerprint density at radius 3 is 2.12 bits per heavy atom. The van der Waals surface area contributed by atoms with E-state index in [1.54, 1.807) is 12.1 Å². The van der Waals surface area contributed by atoms with Gasteiger partial charge in [0.15, 0.2) is 0 Å². The molecule has 134 valence electrons. The van der Waals surface area contributed by atoms with Crippen molar-refractivity contribution in [2.75, 3.05) is 12.4 Å². The fourth-order valence-corrected chi connectivity index (χ4v) is 3.61. The third-order valence-corrected chi connectivity index (χ3v) is 5.14. The molecule has 2 aromatic carbocycles. The molecular formula is C18H22N2O4S. The van der Waals surface area contributed by atoms with Crippen molar-refractivity contribution in [2.45, 2.75) is 31.7 Å². The molecule has 1 atom stereocenters. The molecule has 0 radical (unpaired) electrons. The van der Waals surface area contributed by atoms with Gasteiger partial charge >= 0.3 is 0 Å². The largest absolute Gasteiger partial charge is 0.497 e. The van der Waals surface area contributed by atoms with E-state index in [4.69, 9.17) is 4.74 Å². The molecule has 1 amide bonds. The minimum Gasteiger partial charge on any atom is -0.497 e. The smallest absolute Gasteiger partial charge is 0.242 e. The normalized spacial score (nSPS) is 12.5. The van der Waals surface area contributed by atoms with Crippen molar-refractivity contribution in [3.05, 3.63) is 53.6 Å². The van der Waals surface area contributed by atoms with E-state index in [-0.39, 0.29) is 4.90 Å². The molecule has 0 aromatic heterocycles. The summed E-state index contributed by atoms with van der Waals surface area (Å²) in [6.07, 6.45) is 0. The summed E-state index contributed by atoms with van der Waals surface area (Å²) in [4.78, 5) is 12.4. The van der Waals surface area contributed by atoms with Crippen LogP contribution in [0, 0.1) is 13.8 Å². The first-order chi connectivity index (χ1) is 11.7. The van der Waals surface area contributed by atoms with Crippen molar-refractivity contribution in [3.8, 4) is 5.75 Å². The van der Waals surface area contributed by atoms with Gasteiger partial charge in [0.25, 0.3) is 0 Å². The summed E-state index contributed by atoms with van der Waals surface area (Å²) in [5.74, 6) is 0.127. The lowest BCUT2D eigenvalue weighted by Crippen LogP contribution is -2.41. The number of amides is 1. The van der Waals surface area contributed by atoms with Crippen molar-refractivity contribution in [2.24, 2.45) is 0 Å². The predicted octanol–water partition coefficient (Wildman–Crippen LogP) is 2.62. The third-order valence-electron chi connectivity index (χ3n) is 3.58. The zero-order valence-electron chi connectivity index (χ0n) is 14.7. The highest BCUT2D eigenvalue weighted by Crippen LogP contribution is 2.17. The molecule has 0 aliphatic heterocycles. The van der Waals surface area contributed by atoms with Crippen LogP contribution in [0.3, 0.4) is 0 Å². The Hall–Kier alpha value is -2.38. The van der Waals surface area contributed by atoms with Gasteiger partial charge < -0.3 is 10.1 Å². The number of rotatable bonds is 6. The number of nitrogens with one attached hydrogen (secondary N) is 2. The van der Waals surface area contributed by atoms with Crippen LogP contribution < -0.4 is 14.8 Å². The van der Waals surface area contributed by atoms with E-state index in [1.165, 1.54) is 26.2 Å². The van der Waals surface area contributed by atoms with E-state index >= 15 is 0 Å². The molecule has 0 aliphatic rings. The molecule has 0 unspecified atom stereocenters. The number of methoxy groups -OCH3 is 1. The van der Waals surface area contributed by atoms with E-state index in [2.05, 4.69) is 10.0 Å². The van der Waals surface area contributed by atoms with Crippen LogP contribution in [-0.4, -0.2) is 27.5 Å². The Morgan fingerprint density at radius 1 is 1.04 bits per heavy atom. The number of carbonyl (C=O) groups excluding carboxylic acids is 1. The molecule has 7 heteroatoms. The van der Waals surface area contributed by atoms with Gasteiger partial charge in [0.2, 0.25) is 15.9 Å². The molecule has 0 heterocycles. The molecule has 0 fully saturated rings. The van der Waals surface area contributed by atoms with Crippen molar-refractivity contribution in [1.82, 2.24) is 4.72 Å². The van der Waals surface area contributed by atoms with Crippen molar-refractivity contribution in [1.29, 1.82) is 0 Å². The van der Waals surface area contributed by atoms with E-state index in [1.807, 2.05) is 32.0 Å². The molecule has 6 nitrogen and oxygen atoms in total. The summed E-state index contributed by atoms with van der Waals surface area (Å²) < 4.78 is 32.1. The van der Waals surface area contributed by atoms with E-state index in [0.717, 1.165) is 11.1 Å². The number of aryl methyl sites for hydroxylation is 2. The monoisotopic (exact) mass is 362 g/mol. The second kappa shape index (κ2) is 7.67. The van der Waals surface area contributed by atoms with Crippen LogP contribution in [0.25, 0.3) is 0 Å². The van der Waals surface area contributed by atoms with Gasteiger partial charge in [-0.2, -0.15) is 4.72 Å². The van der Waals surface area contributed by atoms with Gasteiger partial charge in [-0.3, -0.25) is 4.79 Å². The molecule has 2 N–H and O–H groups in total. The number of sulfonamides is 1. The fraction of sp³-hybridized carbons (Fsp3) is 0.278. The predicted molar refractivity (Wildman–Crippen MR) is 97.3 cm³/mol. The van der Waals surface area contributed by atoms with Gasteiger partial charge in [-0.05, 0) is 68.3 Å². The zero-order valence-corrected chi connectivity index (χ0v) is 15.5. The molecular weight excluding hydrogens is 340 g/mol. The number of hydrogen-bond donors (Lipinski definition) is 2. The first kappa shape index (κ1) is 19.0. The molecule has 2 aromatic rings. The Morgan fingerprint density at radius 2 is 1.60 bits per heavy atom. The maximum absolute atomic E-state index is 12.4. The summed E-state index contributed by atoms with van der Waals surface area (Å²) in [5, 5.41) is 2.73. The minimum atomic E-state index is -3.80. The SMILES string of the molecule is COc1ccc(S(=O)(=O)N[C@@H](C)C(=O)Nc2cc(C)cc(C)c2)cc1. The Balaban J connectivity index is 2.08. The summed E-state index contributed by atoms with van der Waals surface area (Å²) in [7, 11) is -2.30. The molecule has 2 rings (SSSR count). The van der Waals surface area contributed by atoms with Crippen LogP contribution in [0.5, 0.6) is 5.75 Å². The average Bonchev–Trinajstić information content (AvgIpc) is 2.53. The lowest BCUT2D eigenvalue weighted by Gasteiger charge is -2.15. The fourth-order valence-electron chi connectivity index (χ4n) is 2.41. The highest BCUT2D eigenvalue weighted by molar-refractivity contribution is 7.89. The molecule has 0 spiro atoms. The highest BCUT2D eigenvalue weighted by Gasteiger charge is 2.22. The number of anilines is 1. The van der Waals surface area contributed by atoms with Gasteiger partial charge in [0, 0.05) is 5.69 Å². The number of hydrogen-bond acceptors (Lipinski definition) is 4. The van der Waals surface area contributed by atoms with Crippen LogP contribution in [0.4, 0.5) is 5.69 Å². The molecule has 0 aliphatic carbocycles. The van der Waals surface area contributed by atoms with Gasteiger partial charge in [0.1, 0.15) is 5.75 Å². The first-order valence-electron chi connectivity index (χ1n) is 7.77. The summed E-state index contributed by atoms with van der Waals surface area (Å²) >= 11 is 0. The maximum atomic E-state index is 12.4. The van der Waals surface area contributed by atoms with Crippen LogP contribution in [-0.2, 0) is 14.8 Å². The van der Waals surface area contributed by atoms with Crippen LogP contribution in [0.2, 0.25) is 0 Å². The zero-order chi connectivity index (χ0) is 18.6. The van der Waals surface area contributed by atoms with E-state index in [9.17, 15) is 13.2 Å². The van der Waals surface area contributed by atoms with Gasteiger partial charge in [0.05, 0.1) is 18.0 Å². The van der Waals surface area contributed by atoms with Crippen LogP contribution >= 0.6 is 0 Å². The van der Waals surface area contributed by atoms with E-state index in [0.29, 0.717) is 11.4 Å². The lowest BCUT2D eigenvalue weighted by molar-refractivity contribution is -0.117. The third kappa shape index (κ3) is 5.04. The summed E-state index contributed by atoms with van der Waals surface area (Å²) in [6, 6.07) is 10.7. The topological polar surface area (TPSA) is 84.5 Å². The first-order valence-corrected chi connectivity index (χ1v) is 9.25. The second-order valence-electron chi connectivity index (χ2n) is 5.88. The number of carbonyl (C=O) groups is 1. The molecule has 0 bridgehead atoms. The van der Waals surface area contributed by atoms with Crippen LogP contribution in [0.15, 0.2) is 47.4 Å². The van der Waals surface area contributed by atoms with Crippen molar-refractivity contribution in [3.63, 3.8) is 0 Å². The van der Waals surface area contributed by atoms with Crippen LogP contribution in [0.1, 0.15) is 18.1 Å². The molecule has 25 heavy (non-hydrogen) atoms. The summed E-state index contributed by atoms with van der Waals surface area (Å²) in [6.45, 7) is 5.36. The Kier molecular flexibility index (Phi) is 5.81. The standard InChI is InChI=1S/C18H22N2O4S/c1-12-9-13(2)11-15(10-12)19-18(21)14(3)20-25(22,23)17-7-5-16(24-4)6-8-17/h5-11,14,20H,1-4H3,(H,19,21)/t14-/m0/s1. The average molecular weight is 362 g/mol. The second-order valence-corrected chi connectivity index (χ2v) is 7.60. The Bertz CT molecular complexity index is 841. The minimum absolute atomic E-state index is 0.0688. The highest BCUT2D eigenvalue weighted by atomic mass is 32.2. The van der Waals surface area contributed by atoms with E-state index < -0.39 is 22.0 Å². The number of benzene rings is 2. The summed E-state index contributed by atoms with van der Waals surface area (Å²) in [5.41, 5.74) is 2.67. The lowest BCUT2D eigenvalue weighted by atomic mass is 10.1. The Labute approximate surface area is 148 Å². The molecule has 0 saturated heterocycles. The van der Waals surface area contributed by atoms with Gasteiger partial charge in [-0.25, -0.2) is 8.42 Å². The van der Waals surface area contributed by atoms with Gasteiger partial charge in [-0.1, -0.05) is 6.07 Å². The number of ether oxygens (including phenoxy) is 1. The van der Waals surface area contributed by atoms with Gasteiger partial charge in [-0.15, -0.1) is 0 Å².